The molecule has 1 N–H and O–H groups in total. The Morgan fingerprint density at radius 1 is 1.35 bits per heavy atom. The largest absolute Gasteiger partial charge is 0.481 e. The molecule has 1 aliphatic carbocycles. The summed E-state index contributed by atoms with van der Waals surface area (Å²) in [4.78, 5) is 27.1. The third kappa shape index (κ3) is 2.92. The lowest BCUT2D eigenvalue weighted by Gasteiger charge is -2.26. The van der Waals surface area contributed by atoms with Gasteiger partial charge in [0.25, 0.3) is 0 Å². The van der Waals surface area contributed by atoms with Crippen LogP contribution < -0.4 is 5.69 Å². The van der Waals surface area contributed by atoms with E-state index in [1.165, 1.54) is 12.8 Å². The number of rotatable bonds is 4. The lowest BCUT2D eigenvalue weighted by atomic mass is 9.88. The summed E-state index contributed by atoms with van der Waals surface area (Å²) in [5.41, 5.74) is 1.81. The monoisotopic (exact) mass is 278 g/mol. The van der Waals surface area contributed by atoms with Gasteiger partial charge < -0.3 is 5.11 Å². The molecule has 1 aromatic heterocycles. The second kappa shape index (κ2) is 5.38. The molecule has 0 amide bonds. The zero-order chi connectivity index (χ0) is 14.9. The van der Waals surface area contributed by atoms with Gasteiger partial charge in [0.1, 0.15) is 0 Å². The maximum Gasteiger partial charge on any atom is 0.347 e. The molecule has 0 atom stereocenters. The Morgan fingerprint density at radius 3 is 2.50 bits per heavy atom. The van der Waals surface area contributed by atoms with E-state index in [0.29, 0.717) is 17.8 Å². The van der Waals surface area contributed by atoms with Crippen molar-refractivity contribution < 1.29 is 9.90 Å². The first-order valence-corrected chi connectivity index (χ1v) is 7.11. The fourth-order valence-corrected chi connectivity index (χ4v) is 3.20. The van der Waals surface area contributed by atoms with E-state index in [-0.39, 0.29) is 17.5 Å². The molecule has 1 aliphatic rings. The van der Waals surface area contributed by atoms with Gasteiger partial charge in [0.05, 0.1) is 6.42 Å². The molecule has 1 heterocycles. The molecule has 0 bridgehead atoms. The van der Waals surface area contributed by atoms with Gasteiger partial charge >= 0.3 is 11.7 Å². The summed E-state index contributed by atoms with van der Waals surface area (Å²) < 4.78 is 1.66. The van der Waals surface area contributed by atoms with Crippen molar-refractivity contribution in [3.8, 4) is 0 Å². The molecule has 0 spiro atoms. The highest BCUT2D eigenvalue weighted by molar-refractivity contribution is 5.70. The molecule has 20 heavy (non-hydrogen) atoms. The van der Waals surface area contributed by atoms with E-state index < -0.39 is 5.97 Å². The topological polar surface area (TPSA) is 72.2 Å². The minimum Gasteiger partial charge on any atom is -0.481 e. The average Bonchev–Trinajstić information content (AvgIpc) is 2.77. The van der Waals surface area contributed by atoms with Gasteiger partial charge in [0.15, 0.2) is 0 Å². The van der Waals surface area contributed by atoms with Crippen LogP contribution in [0.15, 0.2) is 4.79 Å². The van der Waals surface area contributed by atoms with E-state index in [1.54, 1.807) is 11.5 Å². The van der Waals surface area contributed by atoms with Gasteiger partial charge in [-0.25, -0.2) is 4.79 Å². The number of carboxylic acid groups (broad SMARTS) is 1. The van der Waals surface area contributed by atoms with E-state index in [2.05, 4.69) is 11.9 Å². The molecule has 5 heteroatoms. The number of nitrogens with zero attached hydrogens (tertiary/aromatic N) is 2. The molecular formula is C15H22N2O3. The maximum absolute atomic E-state index is 12.1. The van der Waals surface area contributed by atoms with Gasteiger partial charge in [0.2, 0.25) is 0 Å². The lowest BCUT2D eigenvalue weighted by molar-refractivity contribution is -0.136. The highest BCUT2D eigenvalue weighted by Gasteiger charge is 2.30. The summed E-state index contributed by atoms with van der Waals surface area (Å²) in [5, 5.41) is 9.00. The number of hydrogen-bond acceptors (Lipinski definition) is 3. The van der Waals surface area contributed by atoms with E-state index in [9.17, 15) is 9.59 Å². The molecule has 1 aromatic rings. The van der Waals surface area contributed by atoms with Crippen LogP contribution in [0.25, 0.3) is 0 Å². The summed E-state index contributed by atoms with van der Waals surface area (Å²) in [6.45, 7) is 6.36. The van der Waals surface area contributed by atoms with Crippen molar-refractivity contribution in [1.82, 2.24) is 9.55 Å². The zero-order valence-corrected chi connectivity index (χ0v) is 12.4. The van der Waals surface area contributed by atoms with Crippen molar-refractivity contribution >= 4 is 5.97 Å². The van der Waals surface area contributed by atoms with Gasteiger partial charge in [-0.05, 0) is 32.1 Å². The predicted molar refractivity (Wildman–Crippen MR) is 75.9 cm³/mol. The zero-order valence-electron chi connectivity index (χ0n) is 12.4. The molecule has 110 valence electrons. The molecule has 0 saturated heterocycles. The number of hydrogen-bond donors (Lipinski definition) is 1. The van der Waals surface area contributed by atoms with Gasteiger partial charge in [-0.1, -0.05) is 19.8 Å². The predicted octanol–water partition coefficient (Wildman–Crippen LogP) is 2.07. The summed E-state index contributed by atoms with van der Waals surface area (Å²) in [6, 6.07) is 0. The number of aliphatic carboxylic acids is 1. The Kier molecular flexibility index (Phi) is 3.97. The third-order valence-corrected chi connectivity index (χ3v) is 4.45. The van der Waals surface area contributed by atoms with E-state index in [4.69, 9.17) is 5.11 Å². The lowest BCUT2D eigenvalue weighted by Crippen LogP contribution is -2.33. The van der Waals surface area contributed by atoms with Crippen molar-refractivity contribution in [2.24, 2.45) is 5.41 Å². The second-order valence-corrected chi connectivity index (χ2v) is 6.22. The Hall–Kier alpha value is -1.65. The van der Waals surface area contributed by atoms with Crippen LogP contribution in [0.3, 0.4) is 0 Å². The van der Waals surface area contributed by atoms with Crippen molar-refractivity contribution in [2.75, 3.05) is 0 Å². The smallest absolute Gasteiger partial charge is 0.347 e. The Morgan fingerprint density at radius 2 is 1.95 bits per heavy atom. The average molecular weight is 278 g/mol. The van der Waals surface area contributed by atoms with Crippen molar-refractivity contribution in [1.29, 1.82) is 0 Å². The highest BCUT2D eigenvalue weighted by atomic mass is 16.4. The standard InChI is InChI=1S/C15H22N2O3/c1-10-12(8-13(18)19)11(2)17(14(20)16-10)9-15(3)6-4-5-7-15/h4-9H2,1-3H3,(H,18,19). The molecule has 1 fully saturated rings. The van der Waals surface area contributed by atoms with Crippen LogP contribution in [0.4, 0.5) is 0 Å². The molecule has 0 radical (unpaired) electrons. The molecular weight excluding hydrogens is 256 g/mol. The molecule has 0 aromatic carbocycles. The third-order valence-electron chi connectivity index (χ3n) is 4.45. The molecule has 2 rings (SSSR count). The summed E-state index contributed by atoms with van der Waals surface area (Å²) >= 11 is 0. The van der Waals surface area contributed by atoms with E-state index in [1.807, 2.05) is 6.92 Å². The first-order chi connectivity index (χ1) is 9.32. The summed E-state index contributed by atoms with van der Waals surface area (Å²) in [7, 11) is 0. The minimum atomic E-state index is -0.893. The van der Waals surface area contributed by atoms with Gasteiger partial charge in [-0.3, -0.25) is 9.36 Å². The van der Waals surface area contributed by atoms with Crippen LogP contribution in [-0.4, -0.2) is 20.6 Å². The molecule has 1 saturated carbocycles. The van der Waals surface area contributed by atoms with Crippen molar-refractivity contribution in [3.05, 3.63) is 27.4 Å². The first-order valence-electron chi connectivity index (χ1n) is 7.11. The van der Waals surface area contributed by atoms with Gasteiger partial charge in [-0.2, -0.15) is 4.98 Å². The minimum absolute atomic E-state index is 0.0817. The molecule has 5 nitrogen and oxygen atoms in total. The Balaban J connectivity index is 2.42. The number of carbonyl (C=O) groups is 1. The van der Waals surface area contributed by atoms with Crippen LogP contribution >= 0.6 is 0 Å². The first kappa shape index (κ1) is 14.8. The second-order valence-electron chi connectivity index (χ2n) is 6.22. The van der Waals surface area contributed by atoms with Crippen LogP contribution in [-0.2, 0) is 17.8 Å². The number of carboxylic acids is 1. The van der Waals surface area contributed by atoms with Crippen LogP contribution in [0, 0.1) is 19.3 Å². The van der Waals surface area contributed by atoms with Gasteiger partial charge in [0, 0.05) is 23.5 Å². The Bertz CT molecular complexity index is 584. The fourth-order valence-electron chi connectivity index (χ4n) is 3.20. The summed E-state index contributed by atoms with van der Waals surface area (Å²) in [6.07, 6.45) is 4.54. The Labute approximate surface area is 118 Å². The van der Waals surface area contributed by atoms with E-state index >= 15 is 0 Å². The van der Waals surface area contributed by atoms with Crippen molar-refractivity contribution in [3.63, 3.8) is 0 Å². The molecule has 0 unspecified atom stereocenters. The van der Waals surface area contributed by atoms with Crippen LogP contribution in [0.1, 0.15) is 49.6 Å². The van der Waals surface area contributed by atoms with Crippen molar-refractivity contribution in [2.45, 2.75) is 59.4 Å². The van der Waals surface area contributed by atoms with Crippen LogP contribution in [0.2, 0.25) is 0 Å². The maximum atomic E-state index is 12.1. The summed E-state index contributed by atoms with van der Waals surface area (Å²) in [5.74, 6) is -0.893. The number of aryl methyl sites for hydroxylation is 1. The van der Waals surface area contributed by atoms with E-state index in [0.717, 1.165) is 18.5 Å². The fraction of sp³-hybridized carbons (Fsp3) is 0.667. The quantitative estimate of drug-likeness (QED) is 0.915. The normalized spacial score (nSPS) is 17.4. The highest BCUT2D eigenvalue weighted by Crippen LogP contribution is 2.38. The molecule has 0 aliphatic heterocycles. The SMILES string of the molecule is Cc1nc(=O)n(CC2(C)CCCC2)c(C)c1CC(=O)O. The van der Waals surface area contributed by atoms with Gasteiger partial charge in [-0.15, -0.1) is 0 Å². The number of aromatic nitrogens is 2. The van der Waals surface area contributed by atoms with Crippen LogP contribution in [0.5, 0.6) is 0 Å².